The minimum Gasteiger partial charge on any atom is -0.493 e. The van der Waals surface area contributed by atoms with E-state index >= 15 is 0 Å². The summed E-state index contributed by atoms with van der Waals surface area (Å²) in [5.74, 6) is 1.82. The lowest BCUT2D eigenvalue weighted by Gasteiger charge is -2.12. The average Bonchev–Trinajstić information content (AvgIpc) is 3.61. The van der Waals surface area contributed by atoms with Crippen molar-refractivity contribution < 1.29 is 13.9 Å². The van der Waals surface area contributed by atoms with Crippen molar-refractivity contribution in [2.45, 2.75) is 27.3 Å². The van der Waals surface area contributed by atoms with Crippen LogP contribution in [0.5, 0.6) is 5.75 Å². The molecular formula is C29H27N3O3S2. The first kappa shape index (κ1) is 25.0. The minimum atomic E-state index is -0.140. The van der Waals surface area contributed by atoms with Crippen molar-refractivity contribution in [1.82, 2.24) is 14.7 Å². The summed E-state index contributed by atoms with van der Waals surface area (Å²) in [6.07, 6.45) is 5.42. The van der Waals surface area contributed by atoms with Crippen molar-refractivity contribution in [2.75, 3.05) is 6.61 Å². The van der Waals surface area contributed by atoms with Gasteiger partial charge in [0.15, 0.2) is 0 Å². The van der Waals surface area contributed by atoms with E-state index in [9.17, 15) is 4.79 Å². The van der Waals surface area contributed by atoms with E-state index < -0.39 is 0 Å². The van der Waals surface area contributed by atoms with E-state index in [0.29, 0.717) is 34.1 Å². The number of thioether (sulfide) groups is 1. The molecule has 1 fully saturated rings. The summed E-state index contributed by atoms with van der Waals surface area (Å²) in [6, 6.07) is 19.6. The van der Waals surface area contributed by atoms with Crippen LogP contribution in [0.4, 0.5) is 0 Å². The van der Waals surface area contributed by atoms with E-state index in [0.717, 1.165) is 33.8 Å². The molecule has 0 unspecified atom stereocenters. The zero-order valence-electron chi connectivity index (χ0n) is 20.9. The summed E-state index contributed by atoms with van der Waals surface area (Å²) < 4.78 is 13.7. The normalized spacial score (nSPS) is 14.8. The van der Waals surface area contributed by atoms with Gasteiger partial charge in [0.25, 0.3) is 5.91 Å². The Labute approximate surface area is 225 Å². The maximum absolute atomic E-state index is 13.3. The van der Waals surface area contributed by atoms with Gasteiger partial charge in [-0.25, -0.2) is 4.68 Å². The molecule has 37 heavy (non-hydrogen) atoms. The van der Waals surface area contributed by atoms with Gasteiger partial charge in [-0.2, -0.15) is 5.10 Å². The number of aromatic nitrogens is 2. The number of aryl methyl sites for hydroxylation is 1. The minimum absolute atomic E-state index is 0.140. The number of nitrogens with zero attached hydrogens (tertiary/aromatic N) is 3. The molecule has 0 bridgehead atoms. The highest BCUT2D eigenvalue weighted by Crippen LogP contribution is 2.36. The van der Waals surface area contributed by atoms with Crippen LogP contribution in [0.15, 0.2) is 82.4 Å². The summed E-state index contributed by atoms with van der Waals surface area (Å²) in [4.78, 5) is 15.4. The number of carbonyl (C=O) groups is 1. The molecule has 2 aromatic heterocycles. The number of hydrogen-bond donors (Lipinski definition) is 0. The van der Waals surface area contributed by atoms with E-state index in [1.165, 1.54) is 11.8 Å². The second kappa shape index (κ2) is 10.8. The van der Waals surface area contributed by atoms with Gasteiger partial charge in [-0.05, 0) is 66.9 Å². The molecule has 0 saturated carbocycles. The Balaban J connectivity index is 1.52. The first-order chi connectivity index (χ1) is 17.9. The Kier molecular flexibility index (Phi) is 7.30. The highest BCUT2D eigenvalue weighted by atomic mass is 32.2. The lowest BCUT2D eigenvalue weighted by atomic mass is 10.0. The lowest BCUT2D eigenvalue weighted by Crippen LogP contribution is -2.27. The van der Waals surface area contributed by atoms with Crippen LogP contribution >= 0.6 is 24.0 Å². The largest absolute Gasteiger partial charge is 0.493 e. The molecule has 0 aliphatic carbocycles. The molecule has 1 saturated heterocycles. The summed E-state index contributed by atoms with van der Waals surface area (Å²) >= 11 is 6.81. The van der Waals surface area contributed by atoms with Crippen LogP contribution in [0.2, 0.25) is 0 Å². The third kappa shape index (κ3) is 5.55. The lowest BCUT2D eigenvalue weighted by molar-refractivity contribution is -0.122. The average molecular weight is 530 g/mol. The number of amides is 1. The van der Waals surface area contributed by atoms with E-state index in [2.05, 4.69) is 13.8 Å². The zero-order chi connectivity index (χ0) is 25.9. The van der Waals surface area contributed by atoms with Gasteiger partial charge in [0.2, 0.25) is 0 Å². The Bertz CT molecular complexity index is 1460. The quantitative estimate of drug-likeness (QED) is 0.183. The number of hydrogen-bond acceptors (Lipinski definition) is 6. The van der Waals surface area contributed by atoms with Crippen molar-refractivity contribution in [2.24, 2.45) is 5.92 Å². The van der Waals surface area contributed by atoms with Crippen LogP contribution in [0.25, 0.3) is 23.0 Å². The molecule has 0 atom stereocenters. The van der Waals surface area contributed by atoms with Gasteiger partial charge in [-0.3, -0.25) is 9.69 Å². The topological polar surface area (TPSA) is 60.5 Å². The smallest absolute Gasteiger partial charge is 0.266 e. The van der Waals surface area contributed by atoms with Crippen LogP contribution < -0.4 is 4.74 Å². The SMILES string of the molecule is Cc1cc(OCC(C)C)ccc1-c1nn(-c2ccccc2)cc1C=C1SC(=S)N(Cc2ccco2)C1=O. The molecule has 4 aromatic rings. The predicted octanol–water partition coefficient (Wildman–Crippen LogP) is 6.88. The van der Waals surface area contributed by atoms with Crippen LogP contribution in [-0.2, 0) is 11.3 Å². The van der Waals surface area contributed by atoms with Crippen molar-refractivity contribution in [3.8, 4) is 22.7 Å². The fraction of sp³-hybridized carbons (Fsp3) is 0.207. The van der Waals surface area contributed by atoms with Gasteiger partial charge in [0.05, 0.1) is 30.0 Å². The summed E-state index contributed by atoms with van der Waals surface area (Å²) in [6.45, 7) is 7.27. The van der Waals surface area contributed by atoms with Crippen molar-refractivity contribution in [3.05, 3.63) is 94.9 Å². The van der Waals surface area contributed by atoms with E-state index in [-0.39, 0.29) is 5.91 Å². The van der Waals surface area contributed by atoms with E-state index in [4.69, 9.17) is 26.5 Å². The monoisotopic (exact) mass is 529 g/mol. The van der Waals surface area contributed by atoms with Crippen LogP contribution in [-0.4, -0.2) is 31.5 Å². The molecule has 3 heterocycles. The van der Waals surface area contributed by atoms with Gasteiger partial charge in [-0.1, -0.05) is 56.0 Å². The number of ether oxygens (including phenoxy) is 1. The molecule has 1 aliphatic rings. The van der Waals surface area contributed by atoms with Crippen molar-refractivity contribution >= 4 is 40.3 Å². The van der Waals surface area contributed by atoms with Gasteiger partial charge < -0.3 is 9.15 Å². The van der Waals surface area contributed by atoms with Crippen molar-refractivity contribution in [1.29, 1.82) is 0 Å². The molecule has 0 radical (unpaired) electrons. The van der Waals surface area contributed by atoms with E-state index in [1.54, 1.807) is 17.2 Å². The molecule has 0 spiro atoms. The van der Waals surface area contributed by atoms with Gasteiger partial charge >= 0.3 is 0 Å². The number of thiocarbonyl (C=S) groups is 1. The Morgan fingerprint density at radius 1 is 1.14 bits per heavy atom. The third-order valence-corrected chi connectivity index (χ3v) is 7.23. The first-order valence-electron chi connectivity index (χ1n) is 12.1. The first-order valence-corrected chi connectivity index (χ1v) is 13.3. The number of benzene rings is 2. The molecule has 5 rings (SSSR count). The Morgan fingerprint density at radius 2 is 1.95 bits per heavy atom. The van der Waals surface area contributed by atoms with Crippen LogP contribution in [0.3, 0.4) is 0 Å². The van der Waals surface area contributed by atoms with Gasteiger partial charge in [0.1, 0.15) is 21.5 Å². The van der Waals surface area contributed by atoms with Crippen LogP contribution in [0.1, 0.15) is 30.7 Å². The third-order valence-electron chi connectivity index (χ3n) is 5.85. The highest BCUT2D eigenvalue weighted by molar-refractivity contribution is 8.26. The van der Waals surface area contributed by atoms with Gasteiger partial charge in [-0.15, -0.1) is 0 Å². The molecular weight excluding hydrogens is 502 g/mol. The standard InChI is InChI=1S/C29H27N3O3S2/c1-19(2)18-35-23-11-12-25(20(3)14-23)27-21(16-32(30-27)22-8-5-4-6-9-22)15-26-28(33)31(29(36)37-26)17-24-10-7-13-34-24/h4-16,19H,17-18H2,1-3H3. The highest BCUT2D eigenvalue weighted by Gasteiger charge is 2.33. The molecule has 0 N–H and O–H groups in total. The summed E-state index contributed by atoms with van der Waals surface area (Å²) in [5.41, 5.74) is 4.57. The van der Waals surface area contributed by atoms with Crippen molar-refractivity contribution in [3.63, 3.8) is 0 Å². The molecule has 1 aliphatic heterocycles. The predicted molar refractivity (Wildman–Crippen MR) is 151 cm³/mol. The maximum Gasteiger partial charge on any atom is 0.266 e. The second-order valence-corrected chi connectivity index (χ2v) is 10.9. The number of carbonyl (C=O) groups excluding carboxylic acids is 1. The molecule has 8 heteroatoms. The Hall–Kier alpha value is -3.62. The van der Waals surface area contributed by atoms with Gasteiger partial charge in [0, 0.05) is 17.3 Å². The molecule has 188 valence electrons. The molecule has 6 nitrogen and oxygen atoms in total. The summed E-state index contributed by atoms with van der Waals surface area (Å²) in [7, 11) is 0. The second-order valence-electron chi connectivity index (χ2n) is 9.24. The number of para-hydroxylation sites is 1. The van der Waals surface area contributed by atoms with Crippen LogP contribution in [0, 0.1) is 12.8 Å². The van der Waals surface area contributed by atoms with E-state index in [1.807, 2.05) is 78.5 Å². The summed E-state index contributed by atoms with van der Waals surface area (Å²) in [5, 5.41) is 4.93. The molecule has 1 amide bonds. The molecule has 2 aromatic carbocycles. The maximum atomic E-state index is 13.3. The number of rotatable bonds is 8. The number of furan rings is 1. The Morgan fingerprint density at radius 3 is 2.65 bits per heavy atom. The fourth-order valence-electron chi connectivity index (χ4n) is 4.01. The fourth-order valence-corrected chi connectivity index (χ4v) is 5.25. The zero-order valence-corrected chi connectivity index (χ0v) is 22.5.